The molecule has 0 saturated heterocycles. The van der Waals surface area contributed by atoms with Gasteiger partial charge in [0.25, 0.3) is 0 Å². The van der Waals surface area contributed by atoms with Crippen molar-refractivity contribution in [2.75, 3.05) is 0 Å². The summed E-state index contributed by atoms with van der Waals surface area (Å²) < 4.78 is 12.9. The summed E-state index contributed by atoms with van der Waals surface area (Å²) in [6, 6.07) is 0. The first-order valence-electron chi connectivity index (χ1n) is 3.25. The van der Waals surface area contributed by atoms with E-state index in [-0.39, 0.29) is 0 Å². The van der Waals surface area contributed by atoms with E-state index >= 15 is 0 Å². The Morgan fingerprint density at radius 3 is 2.25 bits per heavy atom. The Labute approximate surface area is 50.1 Å². The van der Waals surface area contributed by atoms with E-state index in [0.717, 1.165) is 25.7 Å². The number of hydrogen-bond acceptors (Lipinski definition) is 0. The molecule has 0 amide bonds. The van der Waals surface area contributed by atoms with Crippen molar-refractivity contribution in [3.05, 3.63) is 6.92 Å². The molecule has 0 spiro atoms. The average Bonchev–Trinajstić information content (AvgIpc) is 1.64. The Morgan fingerprint density at radius 1 is 1.50 bits per heavy atom. The molecule has 8 heavy (non-hydrogen) atoms. The molecule has 1 fully saturated rings. The average molecular weight is 115 g/mol. The van der Waals surface area contributed by atoms with E-state index in [9.17, 15) is 4.39 Å². The van der Waals surface area contributed by atoms with Crippen molar-refractivity contribution in [1.82, 2.24) is 0 Å². The van der Waals surface area contributed by atoms with Crippen molar-refractivity contribution in [3.8, 4) is 0 Å². The molecule has 1 rings (SSSR count). The summed E-state index contributed by atoms with van der Waals surface area (Å²) in [5.41, 5.74) is -0.790. The molecule has 0 aliphatic heterocycles. The van der Waals surface area contributed by atoms with Gasteiger partial charge in [0, 0.05) is 0 Å². The van der Waals surface area contributed by atoms with Crippen molar-refractivity contribution in [2.24, 2.45) is 0 Å². The van der Waals surface area contributed by atoms with Crippen LogP contribution in [0, 0.1) is 6.92 Å². The molecule has 1 heteroatoms. The van der Waals surface area contributed by atoms with Crippen molar-refractivity contribution in [3.63, 3.8) is 0 Å². The SMILES string of the molecule is [CH2]CCC1(F)CCC1. The second-order valence-electron chi connectivity index (χ2n) is 2.61. The highest BCUT2D eigenvalue weighted by Crippen LogP contribution is 2.39. The zero-order valence-electron chi connectivity index (χ0n) is 5.12. The van der Waals surface area contributed by atoms with Gasteiger partial charge in [0.05, 0.1) is 0 Å². The fraction of sp³-hybridized carbons (Fsp3) is 0.857. The smallest absolute Gasteiger partial charge is 0.111 e. The van der Waals surface area contributed by atoms with Crippen molar-refractivity contribution >= 4 is 0 Å². The molecule has 0 heterocycles. The number of hydrogen-bond donors (Lipinski definition) is 0. The van der Waals surface area contributed by atoms with Gasteiger partial charge >= 0.3 is 0 Å². The standard InChI is InChI=1S/C7H12F/c1-2-4-7(8)5-3-6-7/h1-6H2. The minimum Gasteiger partial charge on any atom is -0.244 e. The topological polar surface area (TPSA) is 0 Å². The van der Waals surface area contributed by atoms with Gasteiger partial charge in [-0.15, -0.1) is 0 Å². The molecule has 1 aliphatic rings. The number of halogens is 1. The summed E-state index contributed by atoms with van der Waals surface area (Å²) in [6.07, 6.45) is 4.06. The predicted molar refractivity (Wildman–Crippen MR) is 32.3 cm³/mol. The van der Waals surface area contributed by atoms with Crippen LogP contribution in [0.3, 0.4) is 0 Å². The summed E-state index contributed by atoms with van der Waals surface area (Å²) in [6.45, 7) is 3.61. The third kappa shape index (κ3) is 1.01. The van der Waals surface area contributed by atoms with E-state index in [1.54, 1.807) is 0 Å². The Kier molecular flexibility index (Phi) is 1.54. The lowest BCUT2D eigenvalue weighted by Gasteiger charge is -2.33. The lowest BCUT2D eigenvalue weighted by Crippen LogP contribution is -2.30. The minimum absolute atomic E-state index is 0.674. The van der Waals surface area contributed by atoms with Gasteiger partial charge in [-0.3, -0.25) is 0 Å². The van der Waals surface area contributed by atoms with Crippen LogP contribution in [0.25, 0.3) is 0 Å². The monoisotopic (exact) mass is 115 g/mol. The molecule has 0 nitrogen and oxygen atoms in total. The Morgan fingerprint density at radius 2 is 2.12 bits per heavy atom. The first-order valence-corrected chi connectivity index (χ1v) is 3.25. The fourth-order valence-electron chi connectivity index (χ4n) is 1.13. The van der Waals surface area contributed by atoms with Gasteiger partial charge in [-0.2, -0.15) is 0 Å². The van der Waals surface area contributed by atoms with Gasteiger partial charge in [-0.1, -0.05) is 13.3 Å². The Bertz CT molecular complexity index is 74.5. The highest BCUT2D eigenvalue weighted by molar-refractivity contribution is 4.87. The van der Waals surface area contributed by atoms with Gasteiger partial charge in [-0.05, 0) is 25.7 Å². The van der Waals surface area contributed by atoms with Gasteiger partial charge in [-0.25, -0.2) is 4.39 Å². The van der Waals surface area contributed by atoms with E-state index in [1.165, 1.54) is 0 Å². The predicted octanol–water partition coefficient (Wildman–Crippen LogP) is 2.49. The van der Waals surface area contributed by atoms with E-state index < -0.39 is 5.67 Å². The normalized spacial score (nSPS) is 24.8. The summed E-state index contributed by atoms with van der Waals surface area (Å²) in [4.78, 5) is 0. The minimum atomic E-state index is -0.790. The molecule has 0 bridgehead atoms. The lowest BCUT2D eigenvalue weighted by molar-refractivity contribution is 0.0549. The van der Waals surface area contributed by atoms with E-state index in [0.29, 0.717) is 6.42 Å². The molecule has 1 aliphatic carbocycles. The number of rotatable bonds is 2. The van der Waals surface area contributed by atoms with Crippen molar-refractivity contribution in [1.29, 1.82) is 0 Å². The second kappa shape index (κ2) is 2.04. The fourth-order valence-corrected chi connectivity index (χ4v) is 1.13. The van der Waals surface area contributed by atoms with Crippen LogP contribution in [0.4, 0.5) is 4.39 Å². The highest BCUT2D eigenvalue weighted by Gasteiger charge is 2.35. The lowest BCUT2D eigenvalue weighted by atomic mass is 9.79. The molecule has 47 valence electrons. The molecule has 0 aromatic heterocycles. The number of alkyl halides is 1. The van der Waals surface area contributed by atoms with Gasteiger partial charge < -0.3 is 0 Å². The van der Waals surface area contributed by atoms with Crippen LogP contribution in [0.15, 0.2) is 0 Å². The maximum atomic E-state index is 12.9. The van der Waals surface area contributed by atoms with Crippen molar-refractivity contribution < 1.29 is 4.39 Å². The maximum absolute atomic E-state index is 12.9. The van der Waals surface area contributed by atoms with Crippen LogP contribution >= 0.6 is 0 Å². The molecule has 0 atom stereocenters. The van der Waals surface area contributed by atoms with Crippen LogP contribution in [-0.4, -0.2) is 5.67 Å². The van der Waals surface area contributed by atoms with E-state index in [4.69, 9.17) is 0 Å². The molecule has 0 aromatic rings. The molecule has 1 saturated carbocycles. The third-order valence-electron chi connectivity index (χ3n) is 1.87. The van der Waals surface area contributed by atoms with Crippen LogP contribution in [0.5, 0.6) is 0 Å². The first kappa shape index (κ1) is 6.06. The highest BCUT2D eigenvalue weighted by atomic mass is 19.1. The second-order valence-corrected chi connectivity index (χ2v) is 2.61. The molecule has 1 radical (unpaired) electrons. The molecule has 0 aromatic carbocycles. The zero-order chi connectivity index (χ0) is 6.04. The Balaban J connectivity index is 2.20. The quantitative estimate of drug-likeness (QED) is 0.518. The molecule has 0 unspecified atom stereocenters. The van der Waals surface area contributed by atoms with E-state index in [1.807, 2.05) is 0 Å². The Hall–Kier alpha value is -0.0700. The van der Waals surface area contributed by atoms with Gasteiger partial charge in [0.15, 0.2) is 0 Å². The summed E-state index contributed by atoms with van der Waals surface area (Å²) >= 11 is 0. The third-order valence-corrected chi connectivity index (χ3v) is 1.87. The van der Waals surface area contributed by atoms with Gasteiger partial charge in [0.1, 0.15) is 5.67 Å². The maximum Gasteiger partial charge on any atom is 0.111 e. The van der Waals surface area contributed by atoms with Crippen LogP contribution in [0.2, 0.25) is 0 Å². The molecular weight excluding hydrogens is 103 g/mol. The summed E-state index contributed by atoms with van der Waals surface area (Å²) in [7, 11) is 0. The van der Waals surface area contributed by atoms with Crippen LogP contribution in [0.1, 0.15) is 32.1 Å². The molecular formula is C7H12F. The summed E-state index contributed by atoms with van der Waals surface area (Å²) in [5.74, 6) is 0. The van der Waals surface area contributed by atoms with E-state index in [2.05, 4.69) is 6.92 Å². The summed E-state index contributed by atoms with van der Waals surface area (Å²) in [5, 5.41) is 0. The first-order chi connectivity index (χ1) is 3.77. The molecule has 0 N–H and O–H groups in total. The van der Waals surface area contributed by atoms with Crippen LogP contribution in [-0.2, 0) is 0 Å². The zero-order valence-corrected chi connectivity index (χ0v) is 5.12. The largest absolute Gasteiger partial charge is 0.244 e. The van der Waals surface area contributed by atoms with Crippen molar-refractivity contribution in [2.45, 2.75) is 37.8 Å². The van der Waals surface area contributed by atoms with Crippen LogP contribution < -0.4 is 0 Å². The van der Waals surface area contributed by atoms with Gasteiger partial charge in [0.2, 0.25) is 0 Å².